The number of halogens is 6. The van der Waals surface area contributed by atoms with Gasteiger partial charge in [-0.15, -0.1) is 0 Å². The maximum Gasteiger partial charge on any atom is 0.413 e. The number of rotatable bonds is 2. The molecule has 108 valence electrons. The zero-order chi connectivity index (χ0) is 15.0. The molecule has 0 atom stereocenters. The van der Waals surface area contributed by atoms with Crippen molar-refractivity contribution in [1.29, 1.82) is 0 Å². The minimum Gasteiger partial charge on any atom is -0.459 e. The molecule has 0 aromatic rings. The smallest absolute Gasteiger partial charge is 0.413 e. The predicted molar refractivity (Wildman–Crippen MR) is 50.7 cm³/mol. The predicted octanol–water partition coefficient (Wildman–Crippen LogP) is 3.85. The Morgan fingerprint density at radius 3 is 1.44 bits per heavy atom. The van der Waals surface area contributed by atoms with E-state index in [9.17, 15) is 31.1 Å². The molecule has 0 amide bonds. The Balaban J connectivity index is 5.71. The summed E-state index contributed by atoms with van der Waals surface area (Å²) in [6.45, 7) is 4.22. The minimum atomic E-state index is -5.76. The maximum atomic E-state index is 12.7. The lowest BCUT2D eigenvalue weighted by molar-refractivity contribution is -0.335. The molecule has 0 N–H and O–H groups in total. The molecule has 0 heterocycles. The first kappa shape index (κ1) is 17.1. The Kier molecular flexibility index (Phi) is 4.38. The summed E-state index contributed by atoms with van der Waals surface area (Å²) in [5.74, 6) is -2.32. The first-order valence-corrected chi connectivity index (χ1v) is 5.06. The van der Waals surface area contributed by atoms with Crippen LogP contribution >= 0.6 is 0 Å². The molecule has 0 aromatic carbocycles. The summed E-state index contributed by atoms with van der Waals surface area (Å²) < 4.78 is 80.3. The third-order valence-electron chi connectivity index (χ3n) is 2.25. The zero-order valence-corrected chi connectivity index (χ0v) is 10.3. The highest BCUT2D eigenvalue weighted by Crippen LogP contribution is 2.53. The van der Waals surface area contributed by atoms with Crippen molar-refractivity contribution in [3.05, 3.63) is 0 Å². The van der Waals surface area contributed by atoms with Crippen LogP contribution in [0.1, 0.15) is 34.1 Å². The van der Waals surface area contributed by atoms with E-state index in [2.05, 4.69) is 4.74 Å². The minimum absolute atomic E-state index is 0.644. The molecule has 0 unspecified atom stereocenters. The summed E-state index contributed by atoms with van der Waals surface area (Å²) in [6.07, 6.45) is -13.0. The summed E-state index contributed by atoms with van der Waals surface area (Å²) in [5.41, 5.74) is -5.92. The molecule has 8 heteroatoms. The molecule has 0 aromatic heterocycles. The molecular weight excluding hydrogens is 266 g/mol. The summed E-state index contributed by atoms with van der Waals surface area (Å²) in [7, 11) is 0. The van der Waals surface area contributed by atoms with Gasteiger partial charge in [-0.25, -0.2) is 0 Å². The number of ether oxygens (including phenoxy) is 1. The highest BCUT2D eigenvalue weighted by Gasteiger charge is 2.75. The summed E-state index contributed by atoms with van der Waals surface area (Å²) in [6, 6.07) is 0. The van der Waals surface area contributed by atoms with Crippen LogP contribution in [-0.2, 0) is 9.53 Å². The Labute approximate surface area is 100 Å². The van der Waals surface area contributed by atoms with Crippen molar-refractivity contribution in [2.75, 3.05) is 0 Å². The van der Waals surface area contributed by atoms with Gasteiger partial charge in [0.1, 0.15) is 5.60 Å². The van der Waals surface area contributed by atoms with Gasteiger partial charge in [-0.05, 0) is 27.2 Å². The van der Waals surface area contributed by atoms with E-state index in [4.69, 9.17) is 0 Å². The highest BCUT2D eigenvalue weighted by molar-refractivity contribution is 5.79. The van der Waals surface area contributed by atoms with Crippen molar-refractivity contribution in [2.45, 2.75) is 52.1 Å². The van der Waals surface area contributed by atoms with Gasteiger partial charge >= 0.3 is 18.3 Å². The lowest BCUT2D eigenvalue weighted by Crippen LogP contribution is -2.57. The third kappa shape index (κ3) is 3.08. The SMILES string of the molecule is CCC(C(=O)OC(C)(C)C)(C(F)(F)F)C(F)(F)F. The van der Waals surface area contributed by atoms with E-state index in [1.165, 1.54) is 20.8 Å². The van der Waals surface area contributed by atoms with Gasteiger partial charge in [-0.1, -0.05) is 6.92 Å². The second-order valence-electron chi connectivity index (χ2n) is 4.76. The van der Waals surface area contributed by atoms with Gasteiger partial charge < -0.3 is 4.74 Å². The van der Waals surface area contributed by atoms with Crippen LogP contribution in [0, 0.1) is 5.41 Å². The third-order valence-corrected chi connectivity index (χ3v) is 2.25. The van der Waals surface area contributed by atoms with Crippen LogP contribution in [0.3, 0.4) is 0 Å². The molecule has 18 heavy (non-hydrogen) atoms. The van der Waals surface area contributed by atoms with Gasteiger partial charge in [-0.3, -0.25) is 4.79 Å². The Bertz CT molecular complexity index is 296. The van der Waals surface area contributed by atoms with Gasteiger partial charge in [-0.2, -0.15) is 26.3 Å². The van der Waals surface area contributed by atoms with Gasteiger partial charge in [0.25, 0.3) is 5.41 Å². The largest absolute Gasteiger partial charge is 0.459 e. The van der Waals surface area contributed by atoms with Crippen molar-refractivity contribution < 1.29 is 35.9 Å². The molecule has 0 radical (unpaired) electrons. The maximum absolute atomic E-state index is 12.7. The Hall–Kier alpha value is -0.950. The molecule has 0 saturated heterocycles. The van der Waals surface area contributed by atoms with E-state index in [1.807, 2.05) is 0 Å². The number of alkyl halides is 6. The van der Waals surface area contributed by atoms with Crippen molar-refractivity contribution >= 4 is 5.97 Å². The van der Waals surface area contributed by atoms with E-state index in [1.54, 1.807) is 0 Å². The lowest BCUT2D eigenvalue weighted by atomic mass is 9.83. The quantitative estimate of drug-likeness (QED) is 0.567. The molecule has 0 saturated carbocycles. The van der Waals surface area contributed by atoms with Crippen molar-refractivity contribution in [2.24, 2.45) is 5.41 Å². The Morgan fingerprint density at radius 2 is 1.28 bits per heavy atom. The van der Waals surface area contributed by atoms with Crippen LogP contribution in [0.5, 0.6) is 0 Å². The first-order chi connectivity index (χ1) is 7.69. The van der Waals surface area contributed by atoms with Crippen LogP contribution in [0.4, 0.5) is 26.3 Å². The number of hydrogen-bond acceptors (Lipinski definition) is 2. The lowest BCUT2D eigenvalue weighted by Gasteiger charge is -2.36. The van der Waals surface area contributed by atoms with E-state index >= 15 is 0 Å². The normalized spacial score (nSPS) is 14.6. The molecule has 0 aliphatic heterocycles. The molecule has 2 nitrogen and oxygen atoms in total. The van der Waals surface area contributed by atoms with Crippen LogP contribution < -0.4 is 0 Å². The van der Waals surface area contributed by atoms with Gasteiger partial charge in [0, 0.05) is 0 Å². The van der Waals surface area contributed by atoms with Crippen molar-refractivity contribution in [3.63, 3.8) is 0 Å². The summed E-state index contributed by atoms with van der Waals surface area (Å²) in [4.78, 5) is 11.3. The van der Waals surface area contributed by atoms with Crippen molar-refractivity contribution in [3.8, 4) is 0 Å². The summed E-state index contributed by atoms with van der Waals surface area (Å²) >= 11 is 0. The van der Waals surface area contributed by atoms with E-state index in [-0.39, 0.29) is 0 Å². The van der Waals surface area contributed by atoms with Crippen LogP contribution in [-0.4, -0.2) is 23.9 Å². The van der Waals surface area contributed by atoms with E-state index in [0.29, 0.717) is 6.92 Å². The standard InChI is InChI=1S/C10H14F6O2/c1-5-8(9(11,12)13,10(14,15)16)6(17)18-7(2,3)4/h5H2,1-4H3. The molecule has 0 rings (SSSR count). The highest BCUT2D eigenvalue weighted by atomic mass is 19.4. The van der Waals surface area contributed by atoms with Gasteiger partial charge in [0.2, 0.25) is 0 Å². The van der Waals surface area contributed by atoms with Crippen LogP contribution in [0.15, 0.2) is 0 Å². The fourth-order valence-corrected chi connectivity index (χ4v) is 1.30. The number of carbonyl (C=O) groups is 1. The van der Waals surface area contributed by atoms with E-state index in [0.717, 1.165) is 0 Å². The summed E-state index contributed by atoms with van der Waals surface area (Å²) in [5, 5.41) is 0. The average Bonchev–Trinajstić information content (AvgIpc) is 1.95. The van der Waals surface area contributed by atoms with Gasteiger partial charge in [0.05, 0.1) is 0 Å². The number of carbonyl (C=O) groups excluding carboxylic acids is 1. The van der Waals surface area contributed by atoms with Crippen molar-refractivity contribution in [1.82, 2.24) is 0 Å². The first-order valence-electron chi connectivity index (χ1n) is 5.06. The Morgan fingerprint density at radius 1 is 0.944 bits per heavy atom. The molecule has 0 fully saturated rings. The topological polar surface area (TPSA) is 26.3 Å². The average molecular weight is 280 g/mol. The molecule has 0 spiro atoms. The molecular formula is C10H14F6O2. The second kappa shape index (κ2) is 4.62. The molecule has 0 aliphatic carbocycles. The fourth-order valence-electron chi connectivity index (χ4n) is 1.30. The van der Waals surface area contributed by atoms with E-state index < -0.39 is 35.8 Å². The number of hydrogen-bond donors (Lipinski definition) is 0. The monoisotopic (exact) mass is 280 g/mol. The zero-order valence-electron chi connectivity index (χ0n) is 10.3. The second-order valence-corrected chi connectivity index (χ2v) is 4.76. The number of esters is 1. The van der Waals surface area contributed by atoms with Crippen LogP contribution in [0.2, 0.25) is 0 Å². The molecule has 0 aliphatic rings. The van der Waals surface area contributed by atoms with Gasteiger partial charge in [0.15, 0.2) is 0 Å². The van der Waals surface area contributed by atoms with Crippen LogP contribution in [0.25, 0.3) is 0 Å². The fraction of sp³-hybridized carbons (Fsp3) is 0.900. The molecule has 0 bridgehead atoms.